The lowest BCUT2D eigenvalue weighted by atomic mass is 10.3. The van der Waals surface area contributed by atoms with Crippen molar-refractivity contribution in [2.45, 2.75) is 25.8 Å². The molecule has 0 amide bonds. The average Bonchev–Trinajstić information content (AvgIpc) is 2.96. The van der Waals surface area contributed by atoms with Crippen molar-refractivity contribution in [3.05, 3.63) is 0 Å². The van der Waals surface area contributed by atoms with Crippen molar-refractivity contribution < 1.29 is 4.74 Å². The van der Waals surface area contributed by atoms with Gasteiger partial charge in [0.15, 0.2) is 0 Å². The quantitative estimate of drug-likeness (QED) is 0.591. The highest BCUT2D eigenvalue weighted by Gasteiger charge is 2.20. The molecule has 1 rings (SSSR count). The molecule has 1 atom stereocenters. The Hall–Kier alpha value is -0.120. The Balaban J connectivity index is 1.88. The first-order valence-electron chi connectivity index (χ1n) is 5.66. The molecule has 0 heterocycles. The Morgan fingerprint density at radius 3 is 2.79 bits per heavy atom. The first-order chi connectivity index (χ1) is 6.72. The van der Waals surface area contributed by atoms with Crippen LogP contribution in [0.1, 0.15) is 19.8 Å². The maximum absolute atomic E-state index is 5.58. The van der Waals surface area contributed by atoms with Crippen LogP contribution in [0.25, 0.3) is 0 Å². The lowest BCUT2D eigenvalue weighted by Gasteiger charge is -2.20. The minimum absolute atomic E-state index is 0.559. The molecule has 1 saturated carbocycles. The van der Waals surface area contributed by atoms with Crippen LogP contribution in [0.5, 0.6) is 0 Å². The lowest BCUT2D eigenvalue weighted by Crippen LogP contribution is -2.36. The third-order valence-electron chi connectivity index (χ3n) is 2.75. The summed E-state index contributed by atoms with van der Waals surface area (Å²) >= 11 is 0. The minimum Gasteiger partial charge on any atom is -0.380 e. The van der Waals surface area contributed by atoms with Crippen LogP contribution in [0.2, 0.25) is 0 Å². The van der Waals surface area contributed by atoms with Crippen molar-refractivity contribution in [1.82, 2.24) is 10.2 Å². The van der Waals surface area contributed by atoms with Gasteiger partial charge in [-0.25, -0.2) is 0 Å². The van der Waals surface area contributed by atoms with E-state index in [1.54, 1.807) is 0 Å². The standard InChI is InChI=1S/C11H24N2O/c1-10(12-2)8-13(3)6-7-14-9-11-4-5-11/h10-12H,4-9H2,1-3H3. The first-order valence-corrected chi connectivity index (χ1v) is 5.66. The molecule has 0 bridgehead atoms. The summed E-state index contributed by atoms with van der Waals surface area (Å²) in [7, 11) is 4.15. The Morgan fingerprint density at radius 2 is 2.21 bits per heavy atom. The van der Waals surface area contributed by atoms with Crippen LogP contribution in [0.3, 0.4) is 0 Å². The molecule has 1 N–H and O–H groups in total. The monoisotopic (exact) mass is 200 g/mol. The molecule has 0 saturated heterocycles. The number of hydrogen-bond donors (Lipinski definition) is 1. The third kappa shape index (κ3) is 5.58. The predicted octanol–water partition coefficient (Wildman–Crippen LogP) is 0.953. The number of rotatable bonds is 8. The SMILES string of the molecule is CNC(C)CN(C)CCOCC1CC1. The molecule has 1 fully saturated rings. The van der Waals surface area contributed by atoms with E-state index in [9.17, 15) is 0 Å². The lowest BCUT2D eigenvalue weighted by molar-refractivity contribution is 0.102. The van der Waals surface area contributed by atoms with Crippen LogP contribution in [-0.2, 0) is 4.74 Å². The van der Waals surface area contributed by atoms with Crippen LogP contribution in [0.15, 0.2) is 0 Å². The zero-order valence-corrected chi connectivity index (χ0v) is 9.75. The van der Waals surface area contributed by atoms with E-state index in [1.807, 2.05) is 7.05 Å². The van der Waals surface area contributed by atoms with Gasteiger partial charge in [-0.1, -0.05) is 0 Å². The molecule has 0 aromatic heterocycles. The number of hydrogen-bond acceptors (Lipinski definition) is 3. The van der Waals surface area contributed by atoms with Crippen LogP contribution >= 0.6 is 0 Å². The van der Waals surface area contributed by atoms with Gasteiger partial charge in [-0.05, 0) is 39.8 Å². The Morgan fingerprint density at radius 1 is 1.50 bits per heavy atom. The van der Waals surface area contributed by atoms with Crippen LogP contribution in [-0.4, -0.2) is 51.3 Å². The van der Waals surface area contributed by atoms with Crippen LogP contribution < -0.4 is 5.32 Å². The Kier molecular flexibility index (Phi) is 5.45. The fourth-order valence-corrected chi connectivity index (χ4v) is 1.40. The summed E-state index contributed by atoms with van der Waals surface area (Å²) in [6, 6.07) is 0.559. The molecule has 3 heteroatoms. The summed E-state index contributed by atoms with van der Waals surface area (Å²) < 4.78 is 5.58. The van der Waals surface area contributed by atoms with Crippen molar-refractivity contribution in [1.29, 1.82) is 0 Å². The van der Waals surface area contributed by atoms with E-state index >= 15 is 0 Å². The van der Waals surface area contributed by atoms with Crippen molar-refractivity contribution in [3.63, 3.8) is 0 Å². The van der Waals surface area contributed by atoms with E-state index < -0.39 is 0 Å². The topological polar surface area (TPSA) is 24.5 Å². The fraction of sp³-hybridized carbons (Fsp3) is 1.00. The van der Waals surface area contributed by atoms with Gasteiger partial charge in [0.2, 0.25) is 0 Å². The maximum Gasteiger partial charge on any atom is 0.0593 e. The third-order valence-corrected chi connectivity index (χ3v) is 2.75. The van der Waals surface area contributed by atoms with Gasteiger partial charge >= 0.3 is 0 Å². The normalized spacial score (nSPS) is 18.9. The molecule has 1 aliphatic carbocycles. The summed E-state index contributed by atoms with van der Waals surface area (Å²) in [5.74, 6) is 0.886. The van der Waals surface area contributed by atoms with E-state index in [0.29, 0.717) is 6.04 Å². The fourth-order valence-electron chi connectivity index (χ4n) is 1.40. The van der Waals surface area contributed by atoms with E-state index in [1.165, 1.54) is 12.8 Å². The molecule has 1 unspecified atom stereocenters. The van der Waals surface area contributed by atoms with E-state index in [0.717, 1.165) is 32.2 Å². The second kappa shape index (κ2) is 6.38. The smallest absolute Gasteiger partial charge is 0.0593 e. The molecule has 0 radical (unpaired) electrons. The second-order valence-corrected chi connectivity index (χ2v) is 4.47. The molecule has 84 valence electrons. The van der Waals surface area contributed by atoms with Gasteiger partial charge in [-0.15, -0.1) is 0 Å². The summed E-state index contributed by atoms with van der Waals surface area (Å²) in [6.07, 6.45) is 2.76. The van der Waals surface area contributed by atoms with E-state index in [4.69, 9.17) is 4.74 Å². The number of nitrogens with zero attached hydrogens (tertiary/aromatic N) is 1. The predicted molar refractivity (Wildman–Crippen MR) is 59.6 cm³/mol. The molecular formula is C11H24N2O. The van der Waals surface area contributed by atoms with Crippen molar-refractivity contribution in [3.8, 4) is 0 Å². The molecule has 1 aliphatic rings. The molecule has 14 heavy (non-hydrogen) atoms. The van der Waals surface area contributed by atoms with Gasteiger partial charge in [-0.3, -0.25) is 0 Å². The van der Waals surface area contributed by atoms with Gasteiger partial charge in [0.1, 0.15) is 0 Å². The number of likely N-dealkylation sites (N-methyl/N-ethyl adjacent to an activating group) is 2. The van der Waals surface area contributed by atoms with Gasteiger partial charge in [0, 0.05) is 25.7 Å². The Labute approximate surface area is 87.8 Å². The number of ether oxygens (including phenoxy) is 1. The maximum atomic E-state index is 5.58. The van der Waals surface area contributed by atoms with Crippen LogP contribution in [0.4, 0.5) is 0 Å². The molecule has 0 spiro atoms. The van der Waals surface area contributed by atoms with Gasteiger partial charge in [-0.2, -0.15) is 0 Å². The largest absolute Gasteiger partial charge is 0.380 e. The van der Waals surface area contributed by atoms with Gasteiger partial charge in [0.25, 0.3) is 0 Å². The zero-order valence-electron chi connectivity index (χ0n) is 9.75. The molecule has 0 aromatic rings. The highest BCUT2D eigenvalue weighted by molar-refractivity contribution is 4.72. The van der Waals surface area contributed by atoms with Crippen molar-refractivity contribution in [2.24, 2.45) is 5.92 Å². The van der Waals surface area contributed by atoms with Crippen molar-refractivity contribution in [2.75, 3.05) is 40.4 Å². The van der Waals surface area contributed by atoms with Crippen molar-refractivity contribution >= 4 is 0 Å². The molecule has 0 aliphatic heterocycles. The summed E-state index contributed by atoms with van der Waals surface area (Å²) in [4.78, 5) is 2.31. The highest BCUT2D eigenvalue weighted by Crippen LogP contribution is 2.28. The summed E-state index contributed by atoms with van der Waals surface area (Å²) in [6.45, 7) is 6.18. The zero-order chi connectivity index (χ0) is 10.4. The number of nitrogens with one attached hydrogen (secondary N) is 1. The molecular weight excluding hydrogens is 176 g/mol. The highest BCUT2D eigenvalue weighted by atomic mass is 16.5. The van der Waals surface area contributed by atoms with Crippen LogP contribution in [0, 0.1) is 5.92 Å². The van der Waals surface area contributed by atoms with Gasteiger partial charge in [0.05, 0.1) is 6.61 Å². The Bertz CT molecular complexity index is 148. The molecule has 3 nitrogen and oxygen atoms in total. The van der Waals surface area contributed by atoms with E-state index in [-0.39, 0.29) is 0 Å². The summed E-state index contributed by atoms with van der Waals surface area (Å²) in [5.41, 5.74) is 0. The van der Waals surface area contributed by atoms with Gasteiger partial charge < -0.3 is 15.0 Å². The average molecular weight is 200 g/mol. The first kappa shape index (κ1) is 12.0. The van der Waals surface area contributed by atoms with E-state index in [2.05, 4.69) is 24.2 Å². The summed E-state index contributed by atoms with van der Waals surface area (Å²) in [5, 5.41) is 3.23. The second-order valence-electron chi connectivity index (χ2n) is 4.47. The minimum atomic E-state index is 0.559. The molecule has 0 aromatic carbocycles.